The molecule has 0 unspecified atom stereocenters. The summed E-state index contributed by atoms with van der Waals surface area (Å²) in [6.07, 6.45) is 65.6. The highest BCUT2D eigenvalue weighted by atomic mass is 16.6. The monoisotopic (exact) mass is 927 g/mol. The van der Waals surface area contributed by atoms with E-state index in [1.165, 1.54) is 186 Å². The maximum atomic E-state index is 12.8. The van der Waals surface area contributed by atoms with Crippen LogP contribution in [0.4, 0.5) is 0 Å². The molecule has 0 aromatic rings. The summed E-state index contributed by atoms with van der Waals surface area (Å²) in [5.74, 6) is -0.877. The van der Waals surface area contributed by atoms with Gasteiger partial charge in [-0.2, -0.15) is 0 Å². The standard InChI is InChI=1S/C60H110O6/c1-4-7-10-13-16-19-22-25-28-29-30-31-33-35-38-41-44-47-50-53-59(62)65-56-57(55-64-58(61)52-49-46-43-40-37-34-27-24-21-18-15-12-9-6-3)66-60(63)54-51-48-45-42-39-36-32-26-23-20-17-14-11-8-5-2/h17,20,26,29-30,32,57H,4-16,18-19,21-25,27-28,31,33-56H2,1-3H3/b20-17-,30-29-,32-26-/t57-/m1/s1. The van der Waals surface area contributed by atoms with Gasteiger partial charge in [-0.3, -0.25) is 14.4 Å². The highest BCUT2D eigenvalue weighted by Gasteiger charge is 2.19. The lowest BCUT2D eigenvalue weighted by Gasteiger charge is -2.18. The van der Waals surface area contributed by atoms with E-state index >= 15 is 0 Å². The molecule has 0 aromatic carbocycles. The van der Waals surface area contributed by atoms with Crippen LogP contribution in [0, 0.1) is 0 Å². The van der Waals surface area contributed by atoms with E-state index in [4.69, 9.17) is 14.2 Å². The van der Waals surface area contributed by atoms with Crippen LogP contribution < -0.4 is 0 Å². The Morgan fingerprint density at radius 1 is 0.303 bits per heavy atom. The van der Waals surface area contributed by atoms with Gasteiger partial charge in [0.2, 0.25) is 0 Å². The number of rotatable bonds is 53. The molecule has 0 aliphatic heterocycles. The van der Waals surface area contributed by atoms with Gasteiger partial charge in [0.1, 0.15) is 13.2 Å². The van der Waals surface area contributed by atoms with Crippen LogP contribution in [0.2, 0.25) is 0 Å². The number of carbonyl (C=O) groups is 3. The summed E-state index contributed by atoms with van der Waals surface area (Å²) in [7, 11) is 0. The summed E-state index contributed by atoms with van der Waals surface area (Å²) >= 11 is 0. The van der Waals surface area contributed by atoms with E-state index in [-0.39, 0.29) is 31.1 Å². The fourth-order valence-electron chi connectivity index (χ4n) is 8.47. The lowest BCUT2D eigenvalue weighted by molar-refractivity contribution is -0.167. The number of unbranched alkanes of at least 4 members (excludes halogenated alkanes) is 36. The van der Waals surface area contributed by atoms with E-state index in [9.17, 15) is 14.4 Å². The predicted octanol–water partition coefficient (Wildman–Crippen LogP) is 19.3. The third kappa shape index (κ3) is 52.6. The zero-order chi connectivity index (χ0) is 47.9. The van der Waals surface area contributed by atoms with Crippen LogP contribution in [0.3, 0.4) is 0 Å². The first-order valence-electron chi connectivity index (χ1n) is 29.0. The fourth-order valence-corrected chi connectivity index (χ4v) is 8.47. The summed E-state index contributed by atoms with van der Waals surface area (Å²) in [5, 5.41) is 0. The third-order valence-corrected chi connectivity index (χ3v) is 12.9. The van der Waals surface area contributed by atoms with Gasteiger partial charge < -0.3 is 14.2 Å². The van der Waals surface area contributed by atoms with Crippen LogP contribution in [0.5, 0.6) is 0 Å². The molecule has 0 amide bonds. The van der Waals surface area contributed by atoms with Gasteiger partial charge in [-0.05, 0) is 77.0 Å². The molecule has 1 atom stereocenters. The molecule has 66 heavy (non-hydrogen) atoms. The number of hydrogen-bond donors (Lipinski definition) is 0. The van der Waals surface area contributed by atoms with Gasteiger partial charge in [0.05, 0.1) is 0 Å². The minimum absolute atomic E-state index is 0.0757. The average molecular weight is 928 g/mol. The molecule has 6 nitrogen and oxygen atoms in total. The fraction of sp³-hybridized carbons (Fsp3) is 0.850. The second-order valence-corrected chi connectivity index (χ2v) is 19.6. The Kier molecular flexibility index (Phi) is 53.2. The first-order chi connectivity index (χ1) is 32.5. The molecular weight excluding hydrogens is 817 g/mol. The SMILES string of the molecule is CCCCC/C=C\C/C=C\CCCCCCCC(=O)O[C@@H](COC(=O)CCCCCCCCC/C=C\CCCCCCCCCC)COC(=O)CCCCCCCCCCCCCCCC. The number of allylic oxidation sites excluding steroid dienone is 6. The molecule has 0 N–H and O–H groups in total. The van der Waals surface area contributed by atoms with Crippen molar-refractivity contribution in [1.29, 1.82) is 0 Å². The highest BCUT2D eigenvalue weighted by Crippen LogP contribution is 2.16. The molecule has 0 aromatic heterocycles. The first-order valence-corrected chi connectivity index (χ1v) is 29.0. The molecule has 0 bridgehead atoms. The number of carbonyl (C=O) groups excluding carboxylic acids is 3. The van der Waals surface area contributed by atoms with Gasteiger partial charge in [-0.25, -0.2) is 0 Å². The Bertz CT molecular complexity index is 1110. The van der Waals surface area contributed by atoms with Crippen LogP contribution in [-0.2, 0) is 28.6 Å². The Balaban J connectivity index is 4.35. The Morgan fingerprint density at radius 3 is 0.879 bits per heavy atom. The normalized spacial score (nSPS) is 12.2. The van der Waals surface area contributed by atoms with Crippen molar-refractivity contribution in [2.45, 2.75) is 316 Å². The van der Waals surface area contributed by atoms with Crippen molar-refractivity contribution in [2.75, 3.05) is 13.2 Å². The van der Waals surface area contributed by atoms with Gasteiger partial charge in [0.15, 0.2) is 6.10 Å². The van der Waals surface area contributed by atoms with Crippen molar-refractivity contribution in [2.24, 2.45) is 0 Å². The van der Waals surface area contributed by atoms with Crippen molar-refractivity contribution in [3.8, 4) is 0 Å². The molecule has 0 aliphatic carbocycles. The third-order valence-electron chi connectivity index (χ3n) is 12.9. The average Bonchev–Trinajstić information content (AvgIpc) is 3.31. The largest absolute Gasteiger partial charge is 0.462 e. The van der Waals surface area contributed by atoms with E-state index in [1.807, 2.05) is 0 Å². The van der Waals surface area contributed by atoms with Crippen molar-refractivity contribution in [3.63, 3.8) is 0 Å². The minimum Gasteiger partial charge on any atom is -0.462 e. The van der Waals surface area contributed by atoms with Crippen molar-refractivity contribution in [1.82, 2.24) is 0 Å². The van der Waals surface area contributed by atoms with E-state index in [0.717, 1.165) is 83.5 Å². The molecule has 0 fully saturated rings. The smallest absolute Gasteiger partial charge is 0.306 e. The Hall–Kier alpha value is -2.37. The predicted molar refractivity (Wildman–Crippen MR) is 284 cm³/mol. The molecule has 6 heteroatoms. The lowest BCUT2D eigenvalue weighted by atomic mass is 10.0. The highest BCUT2D eigenvalue weighted by molar-refractivity contribution is 5.71. The van der Waals surface area contributed by atoms with Crippen LogP contribution in [0.25, 0.3) is 0 Å². The maximum absolute atomic E-state index is 12.8. The van der Waals surface area contributed by atoms with E-state index in [1.54, 1.807) is 0 Å². The Morgan fingerprint density at radius 2 is 0.545 bits per heavy atom. The van der Waals surface area contributed by atoms with Gasteiger partial charge in [0, 0.05) is 19.3 Å². The van der Waals surface area contributed by atoms with Crippen LogP contribution >= 0.6 is 0 Å². The number of esters is 3. The Labute approximate surface area is 410 Å². The zero-order valence-electron chi connectivity index (χ0n) is 44.2. The van der Waals surface area contributed by atoms with Crippen molar-refractivity contribution in [3.05, 3.63) is 36.5 Å². The summed E-state index contributed by atoms with van der Waals surface area (Å²) in [4.78, 5) is 38.1. The van der Waals surface area contributed by atoms with Gasteiger partial charge in [-0.15, -0.1) is 0 Å². The maximum Gasteiger partial charge on any atom is 0.306 e. The molecule has 0 aliphatic rings. The minimum atomic E-state index is -0.778. The molecular formula is C60H110O6. The van der Waals surface area contributed by atoms with E-state index in [2.05, 4.69) is 57.2 Å². The van der Waals surface area contributed by atoms with Crippen molar-refractivity contribution >= 4 is 17.9 Å². The van der Waals surface area contributed by atoms with Gasteiger partial charge in [-0.1, -0.05) is 250 Å². The van der Waals surface area contributed by atoms with Gasteiger partial charge >= 0.3 is 17.9 Å². The van der Waals surface area contributed by atoms with Crippen molar-refractivity contribution < 1.29 is 28.6 Å². The second kappa shape index (κ2) is 55.2. The number of ether oxygens (including phenoxy) is 3. The summed E-state index contributed by atoms with van der Waals surface area (Å²) in [5.41, 5.74) is 0. The number of hydrogen-bond acceptors (Lipinski definition) is 6. The van der Waals surface area contributed by atoms with E-state index in [0.29, 0.717) is 19.3 Å². The lowest BCUT2D eigenvalue weighted by Crippen LogP contribution is -2.30. The summed E-state index contributed by atoms with van der Waals surface area (Å²) in [6, 6.07) is 0. The molecule has 386 valence electrons. The van der Waals surface area contributed by atoms with E-state index < -0.39 is 6.10 Å². The topological polar surface area (TPSA) is 78.9 Å². The summed E-state index contributed by atoms with van der Waals surface area (Å²) in [6.45, 7) is 6.64. The summed E-state index contributed by atoms with van der Waals surface area (Å²) < 4.78 is 16.9. The molecule has 0 heterocycles. The molecule has 0 radical (unpaired) electrons. The quantitative estimate of drug-likeness (QED) is 0.0262. The molecule has 0 saturated heterocycles. The first kappa shape index (κ1) is 63.6. The van der Waals surface area contributed by atoms with Gasteiger partial charge in [0.25, 0.3) is 0 Å². The molecule has 0 saturated carbocycles. The molecule has 0 spiro atoms. The molecule has 0 rings (SSSR count). The zero-order valence-corrected chi connectivity index (χ0v) is 44.2. The van der Waals surface area contributed by atoms with Crippen LogP contribution in [0.1, 0.15) is 310 Å². The van der Waals surface area contributed by atoms with Crippen LogP contribution in [-0.4, -0.2) is 37.2 Å². The van der Waals surface area contributed by atoms with Crippen LogP contribution in [0.15, 0.2) is 36.5 Å². The second-order valence-electron chi connectivity index (χ2n) is 19.6.